The number of ketones is 3. The number of ether oxygens (including phenoxy) is 11. The largest absolute Gasteiger partial charge is 0.458 e. The molecule has 0 radical (unpaired) electrons. The van der Waals surface area contributed by atoms with E-state index in [1.165, 1.54) is 15.5 Å². The van der Waals surface area contributed by atoms with E-state index in [0.717, 1.165) is 60.6 Å². The van der Waals surface area contributed by atoms with Gasteiger partial charge in [-0.3, -0.25) is 52.8 Å². The van der Waals surface area contributed by atoms with Crippen LogP contribution in [0.4, 0.5) is 4.39 Å². The summed E-state index contributed by atoms with van der Waals surface area (Å²) < 4.78 is 78.1. The molecule has 5 N–H and O–H groups in total. The molecule has 2 saturated carbocycles. The summed E-state index contributed by atoms with van der Waals surface area (Å²) in [4.78, 5) is 150. The topological polar surface area (TPSA) is 379 Å². The molecule has 2 aromatic heterocycles. The number of Topliss-reactive ketones (excluding diaryl/α,β-unsaturated/α-hetero) is 3. The van der Waals surface area contributed by atoms with Gasteiger partial charge in [-0.2, -0.15) is 0 Å². The molecular weight excluding hydrogens is 1460 g/mol. The lowest BCUT2D eigenvalue weighted by atomic mass is 9.76. The Hall–Kier alpha value is -8.21. The molecule has 112 heavy (non-hydrogen) atoms. The molecule has 10 rings (SSSR count). The molecule has 4 aromatic rings. The van der Waals surface area contributed by atoms with Crippen LogP contribution in [0.5, 0.6) is 0 Å². The van der Waals surface area contributed by atoms with Crippen LogP contribution in [0.2, 0.25) is 0 Å². The number of carbonyl (C=O) groups is 10. The van der Waals surface area contributed by atoms with Crippen LogP contribution >= 0.6 is 0 Å². The lowest BCUT2D eigenvalue weighted by Gasteiger charge is -2.31. The Bertz CT molecular complexity index is 4000. The molecule has 30 nitrogen and oxygen atoms in total. The number of hydrogen-bond acceptors (Lipinski definition) is 24. The maximum atomic E-state index is 15.6. The molecule has 1 saturated heterocycles. The maximum absolute atomic E-state index is 15.6. The van der Waals surface area contributed by atoms with Gasteiger partial charge in [0.1, 0.15) is 31.9 Å². The Morgan fingerprint density at radius 2 is 1.29 bits per heavy atom. The first kappa shape index (κ1) is 86.2. The molecular formula is C81H108FN7O23. The zero-order valence-corrected chi connectivity index (χ0v) is 64.5. The minimum absolute atomic E-state index is 0.0188. The summed E-state index contributed by atoms with van der Waals surface area (Å²) in [6, 6.07) is 10.9. The van der Waals surface area contributed by atoms with Crippen molar-refractivity contribution in [2.24, 2.45) is 23.7 Å². The Morgan fingerprint density at radius 1 is 0.679 bits per heavy atom. The van der Waals surface area contributed by atoms with Crippen LogP contribution in [-0.2, 0) is 132 Å². The molecule has 2 aromatic carbocycles. The number of esters is 1. The van der Waals surface area contributed by atoms with E-state index in [2.05, 4.69) is 21.3 Å². The number of aromatic nitrogens is 2. The molecule has 0 spiro atoms. The van der Waals surface area contributed by atoms with Gasteiger partial charge in [-0.15, -0.1) is 0 Å². The summed E-state index contributed by atoms with van der Waals surface area (Å²) in [5.74, 6) is -4.60. The lowest BCUT2D eigenvalue weighted by molar-refractivity contribution is -0.172. The number of benzene rings is 2. The van der Waals surface area contributed by atoms with Crippen LogP contribution in [0.1, 0.15) is 149 Å². The second kappa shape index (κ2) is 43.3. The minimum atomic E-state index is -2.05. The summed E-state index contributed by atoms with van der Waals surface area (Å²) in [5.41, 5.74) is 2.46. The summed E-state index contributed by atoms with van der Waals surface area (Å²) >= 11 is 0. The van der Waals surface area contributed by atoms with Gasteiger partial charge in [0.05, 0.1) is 154 Å². The van der Waals surface area contributed by atoms with Crippen molar-refractivity contribution in [3.8, 4) is 11.4 Å². The van der Waals surface area contributed by atoms with Crippen molar-refractivity contribution in [3.05, 3.63) is 97.6 Å². The number of fused-ring (bicyclic) bond motifs is 5. The standard InChI is InChI=1S/C81H108FN7O23/c1-4-81(101)62-43-66-75-60(47-88(66)79(99)61(62)48-111-80(81)100)73-57(16-18-59-52(3)63(82)44-65(87-75)74(59)73)42-68(92)76(55-14-15-55)112-50-85-69(93)21-19-67(91)64(41-53-8-6-5-7-9-53)86-70(94)20-17-58(90)45-84-71(95)49-110-39-38-109-37-36-108-35-34-107-33-32-106-31-30-105-29-28-104-27-26-103-25-24-102-23-22-83-77(97)56-12-10-54(11-13-56)46-89-72(96)40-51(2)78(89)98/h5-9,43-44,51,54-57,64,76,101H,4,10-42,45-50H2,1-3H3,(H,83,97)(H,84,95)(H,85,93)(H,86,94)/t51?,54?,56?,57-,64+,76-,81+/m1/s1. The number of nitrogens with one attached hydrogen (secondary N) is 4. The second-order valence-corrected chi connectivity index (χ2v) is 29.4. The highest BCUT2D eigenvalue weighted by Gasteiger charge is 2.47. The van der Waals surface area contributed by atoms with E-state index in [9.17, 15) is 57.8 Å². The van der Waals surface area contributed by atoms with E-state index in [4.69, 9.17) is 57.1 Å². The second-order valence-electron chi connectivity index (χ2n) is 29.4. The molecule has 612 valence electrons. The highest BCUT2D eigenvalue weighted by Crippen LogP contribution is 2.48. The number of likely N-dealkylation sites (tertiary alicyclic amines) is 1. The quantitative estimate of drug-likeness (QED) is 0.0156. The van der Waals surface area contributed by atoms with Crippen LogP contribution in [0.15, 0.2) is 47.3 Å². The van der Waals surface area contributed by atoms with Crippen LogP contribution in [0, 0.1) is 36.4 Å². The van der Waals surface area contributed by atoms with Crippen molar-refractivity contribution in [1.29, 1.82) is 0 Å². The van der Waals surface area contributed by atoms with Crippen LogP contribution in [0.25, 0.3) is 22.3 Å². The Labute approximate surface area is 650 Å². The van der Waals surface area contributed by atoms with E-state index in [0.29, 0.717) is 159 Å². The van der Waals surface area contributed by atoms with E-state index in [1.54, 1.807) is 51.1 Å². The minimum Gasteiger partial charge on any atom is -0.458 e. The summed E-state index contributed by atoms with van der Waals surface area (Å²) in [6.45, 7) is 10.9. The van der Waals surface area contributed by atoms with Gasteiger partial charge in [0.15, 0.2) is 23.0 Å². The number of pyridine rings is 2. The van der Waals surface area contributed by atoms with E-state index < -0.39 is 64.4 Å². The van der Waals surface area contributed by atoms with Crippen molar-refractivity contribution >= 4 is 69.7 Å². The van der Waals surface area contributed by atoms with Gasteiger partial charge in [-0.05, 0) is 117 Å². The molecule has 6 amide bonds. The number of halogens is 1. The predicted molar refractivity (Wildman–Crippen MR) is 400 cm³/mol. The highest BCUT2D eigenvalue weighted by molar-refractivity contribution is 6.03. The Kier molecular flexibility index (Phi) is 33.3. The maximum Gasteiger partial charge on any atom is 0.343 e. The summed E-state index contributed by atoms with van der Waals surface area (Å²) in [5, 5.41) is 23.1. The molecule has 3 fully saturated rings. The normalized spacial score (nSPS) is 19.5. The fourth-order valence-electron chi connectivity index (χ4n) is 15.0. The third kappa shape index (κ3) is 24.2. The van der Waals surface area contributed by atoms with Gasteiger partial charge >= 0.3 is 5.97 Å². The van der Waals surface area contributed by atoms with Gasteiger partial charge in [-0.1, -0.05) is 44.2 Å². The summed E-state index contributed by atoms with van der Waals surface area (Å²) in [7, 11) is 0. The van der Waals surface area contributed by atoms with Crippen molar-refractivity contribution in [1.82, 2.24) is 35.7 Å². The zero-order chi connectivity index (χ0) is 79.5. The first-order chi connectivity index (χ1) is 54.2. The first-order valence-electron chi connectivity index (χ1n) is 39.4. The number of imide groups is 1. The number of hydrogen-bond donors (Lipinski definition) is 5. The number of amides is 6. The van der Waals surface area contributed by atoms with Gasteiger partial charge in [0, 0.05) is 86.0 Å². The van der Waals surface area contributed by atoms with Gasteiger partial charge in [0.2, 0.25) is 35.4 Å². The molecule has 6 aliphatic rings. The van der Waals surface area contributed by atoms with Gasteiger partial charge in [-0.25, -0.2) is 14.2 Å². The fourth-order valence-corrected chi connectivity index (χ4v) is 15.0. The Morgan fingerprint density at radius 3 is 1.88 bits per heavy atom. The number of aliphatic hydroxyl groups is 1. The predicted octanol–water partition coefficient (Wildman–Crippen LogP) is 4.39. The van der Waals surface area contributed by atoms with Crippen molar-refractivity contribution in [2.75, 3.05) is 145 Å². The smallest absolute Gasteiger partial charge is 0.343 e. The third-order valence-corrected chi connectivity index (χ3v) is 21.4. The molecule has 1 unspecified atom stereocenters. The molecule has 0 bridgehead atoms. The van der Waals surface area contributed by atoms with Gasteiger partial charge in [0.25, 0.3) is 5.56 Å². The molecule has 31 heteroatoms. The fraction of sp³-hybridized carbons (Fsp3) is 0.630. The van der Waals surface area contributed by atoms with Crippen LogP contribution < -0.4 is 26.8 Å². The average Bonchev–Trinajstić information content (AvgIpc) is 1.51. The zero-order valence-electron chi connectivity index (χ0n) is 64.5. The van der Waals surface area contributed by atoms with Crippen LogP contribution in [0.3, 0.4) is 0 Å². The van der Waals surface area contributed by atoms with E-state index >= 15 is 4.39 Å². The van der Waals surface area contributed by atoms with E-state index in [-0.39, 0.29) is 155 Å². The third-order valence-electron chi connectivity index (χ3n) is 21.4. The van der Waals surface area contributed by atoms with E-state index in [1.807, 2.05) is 6.07 Å². The lowest BCUT2D eigenvalue weighted by Crippen LogP contribution is -2.44. The molecule has 3 aliphatic carbocycles. The monoisotopic (exact) mass is 1570 g/mol. The number of aryl methyl sites for hydroxylation is 1. The van der Waals surface area contributed by atoms with Gasteiger partial charge < -0.3 is 83.0 Å². The highest BCUT2D eigenvalue weighted by atomic mass is 19.1. The van der Waals surface area contributed by atoms with Crippen molar-refractivity contribution in [3.63, 3.8) is 0 Å². The number of cyclic esters (lactones) is 1. The number of carbonyl (C=O) groups excluding carboxylic acids is 10. The Balaban J connectivity index is 0.512. The average molecular weight is 1570 g/mol. The van der Waals surface area contributed by atoms with Crippen molar-refractivity contribution in [2.45, 2.75) is 160 Å². The molecule has 5 atom stereocenters. The number of rotatable bonds is 52. The van der Waals surface area contributed by atoms with Crippen LogP contribution in [-0.4, -0.2) is 236 Å². The first-order valence-corrected chi connectivity index (χ1v) is 39.4. The molecule has 3 aliphatic heterocycles. The molecule has 5 heterocycles. The number of nitrogens with zero attached hydrogens (tertiary/aromatic N) is 3. The summed E-state index contributed by atoms with van der Waals surface area (Å²) in [6.07, 6.45) is 4.16. The SMILES string of the molecule is CC[C@@]1(O)C(=O)OCc2c1cc1n(c2=O)Cc2c-1nc1cc(F)c(C)c3c1c2[C@@H](CC(=O)[C@H](OCNC(=O)CCC(=O)[C@H](Cc1ccccc1)NC(=O)CCC(=O)CNC(=O)COCCOCCOCCOCCOCCOCCOCCOCCOCCNC(=O)C1CCC(CN2C(=O)CC(C)C2=O)CC1)C1CC1)CC3. The van der Waals surface area contributed by atoms with Crippen molar-refractivity contribution < 1.29 is 110 Å².